The summed E-state index contributed by atoms with van der Waals surface area (Å²) in [6, 6.07) is 4.85. The first kappa shape index (κ1) is 22.0. The van der Waals surface area contributed by atoms with E-state index in [-0.39, 0.29) is 29.4 Å². The van der Waals surface area contributed by atoms with Crippen molar-refractivity contribution in [3.8, 4) is 5.75 Å². The molecule has 2 aliphatic heterocycles. The molecule has 1 aromatic carbocycles. The van der Waals surface area contributed by atoms with Gasteiger partial charge in [-0.15, -0.1) is 0 Å². The lowest BCUT2D eigenvalue weighted by atomic mass is 10.0. The van der Waals surface area contributed by atoms with Crippen molar-refractivity contribution >= 4 is 24.2 Å². The molecule has 0 radical (unpaired) electrons. The smallest absolute Gasteiger partial charge is 0.342 e. The third-order valence-corrected chi connectivity index (χ3v) is 4.60. The number of hydrogen-bond donors (Lipinski definition) is 2. The van der Waals surface area contributed by atoms with E-state index in [4.69, 9.17) is 9.47 Å². The fourth-order valence-corrected chi connectivity index (χ4v) is 3.06. The number of allylic oxidation sites excluding steroid dienone is 3. The first-order valence-electron chi connectivity index (χ1n) is 9.80. The first-order valence-corrected chi connectivity index (χ1v) is 9.80. The van der Waals surface area contributed by atoms with Crippen LogP contribution in [0.5, 0.6) is 5.75 Å². The fourth-order valence-electron chi connectivity index (χ4n) is 3.06. The number of rotatable bonds is 6. The second-order valence-electron chi connectivity index (χ2n) is 6.83. The summed E-state index contributed by atoms with van der Waals surface area (Å²) >= 11 is 0. The van der Waals surface area contributed by atoms with Crippen LogP contribution in [0.3, 0.4) is 0 Å². The summed E-state index contributed by atoms with van der Waals surface area (Å²) in [5, 5.41) is 16.3. The average molecular weight is 424 g/mol. The molecule has 0 unspecified atom stereocenters. The zero-order valence-corrected chi connectivity index (χ0v) is 17.0. The third-order valence-electron chi connectivity index (χ3n) is 4.60. The Morgan fingerprint density at radius 1 is 1.39 bits per heavy atom. The summed E-state index contributed by atoms with van der Waals surface area (Å²) in [4.78, 5) is 29.0. The number of carbonyl (C=O) groups is 2. The zero-order valence-electron chi connectivity index (χ0n) is 17.0. The van der Waals surface area contributed by atoms with Gasteiger partial charge in [0.05, 0.1) is 12.3 Å². The van der Waals surface area contributed by atoms with Gasteiger partial charge in [0.1, 0.15) is 30.6 Å². The van der Waals surface area contributed by atoms with Gasteiger partial charge >= 0.3 is 5.97 Å². The topological polar surface area (TPSA) is 110 Å². The van der Waals surface area contributed by atoms with Crippen LogP contribution in [0.4, 0.5) is 0 Å². The summed E-state index contributed by atoms with van der Waals surface area (Å²) in [5.74, 6) is -1.09. The normalized spacial score (nSPS) is 25.2. The number of epoxide rings is 1. The number of nitrogens with zero attached hydrogens (tertiary/aromatic N) is 1. The molecular formula is C23H24N2O6. The molecule has 0 aromatic heterocycles. The Kier molecular flexibility index (Phi) is 7.78. The molecule has 2 heterocycles. The number of nitrogens with one attached hydrogen (secondary N) is 1. The number of phenolic OH excluding ortho intramolecular Hbond substituents is 1. The molecule has 2 aliphatic rings. The number of aromatic hydroxyl groups is 1. The van der Waals surface area contributed by atoms with Crippen LogP contribution in [0.1, 0.15) is 28.8 Å². The highest BCUT2D eigenvalue weighted by Gasteiger charge is 2.39. The summed E-state index contributed by atoms with van der Waals surface area (Å²) < 4.78 is 11.3. The number of phenols is 1. The van der Waals surface area contributed by atoms with Gasteiger partial charge in [0.2, 0.25) is 5.91 Å². The molecule has 2 N–H and O–H groups in total. The van der Waals surface area contributed by atoms with Gasteiger partial charge in [-0.1, -0.05) is 47.7 Å². The highest BCUT2D eigenvalue weighted by molar-refractivity contribution is 5.96. The first-order chi connectivity index (χ1) is 15.1. The van der Waals surface area contributed by atoms with Gasteiger partial charge in [-0.25, -0.2) is 4.79 Å². The minimum atomic E-state index is -0.609. The molecule has 0 saturated carbocycles. The molecule has 31 heavy (non-hydrogen) atoms. The molecule has 1 amide bonds. The van der Waals surface area contributed by atoms with E-state index in [2.05, 4.69) is 15.3 Å². The Hall–Kier alpha value is -3.65. The Balaban J connectivity index is 1.66. The van der Waals surface area contributed by atoms with E-state index in [1.807, 2.05) is 12.2 Å². The van der Waals surface area contributed by atoms with E-state index in [9.17, 15) is 14.7 Å². The van der Waals surface area contributed by atoms with Crippen LogP contribution < -0.4 is 5.32 Å². The zero-order chi connectivity index (χ0) is 22.1. The van der Waals surface area contributed by atoms with Crippen LogP contribution in [-0.2, 0) is 19.1 Å². The van der Waals surface area contributed by atoms with Gasteiger partial charge in [0, 0.05) is 25.1 Å². The average Bonchev–Trinajstić information content (AvgIpc) is 3.48. The van der Waals surface area contributed by atoms with Gasteiger partial charge in [-0.3, -0.25) is 4.79 Å². The predicted octanol–water partition coefficient (Wildman–Crippen LogP) is 2.87. The lowest BCUT2D eigenvalue weighted by molar-refractivity contribution is -0.115. The number of esters is 1. The summed E-state index contributed by atoms with van der Waals surface area (Å²) in [5.41, 5.74) is 0.681. The molecular weight excluding hydrogens is 400 g/mol. The van der Waals surface area contributed by atoms with Crippen LogP contribution in [0, 0.1) is 0 Å². The fraction of sp³-hybridized carbons (Fsp3) is 0.261. The second-order valence-corrected chi connectivity index (χ2v) is 6.83. The van der Waals surface area contributed by atoms with Crippen LogP contribution >= 0.6 is 0 Å². The number of oxime groups is 1. The maximum Gasteiger partial charge on any atom is 0.342 e. The highest BCUT2D eigenvalue weighted by atomic mass is 16.6. The maximum absolute atomic E-state index is 12.8. The van der Waals surface area contributed by atoms with Crippen LogP contribution in [0.15, 0.2) is 66.0 Å². The van der Waals surface area contributed by atoms with E-state index in [1.54, 1.807) is 30.4 Å². The van der Waals surface area contributed by atoms with Crippen molar-refractivity contribution in [1.29, 1.82) is 0 Å². The molecule has 162 valence electrons. The lowest BCUT2D eigenvalue weighted by Crippen LogP contribution is -2.21. The minimum Gasteiger partial charge on any atom is -0.507 e. The van der Waals surface area contributed by atoms with Crippen molar-refractivity contribution < 1.29 is 29.0 Å². The van der Waals surface area contributed by atoms with E-state index in [1.165, 1.54) is 37.7 Å². The van der Waals surface area contributed by atoms with Crippen molar-refractivity contribution in [2.75, 3.05) is 7.11 Å². The van der Waals surface area contributed by atoms with Crippen molar-refractivity contribution in [2.45, 2.75) is 31.2 Å². The Bertz CT molecular complexity index is 947. The van der Waals surface area contributed by atoms with Crippen molar-refractivity contribution in [3.63, 3.8) is 0 Å². The molecule has 0 aliphatic carbocycles. The molecule has 1 saturated heterocycles. The minimum absolute atomic E-state index is 0.0171. The van der Waals surface area contributed by atoms with E-state index >= 15 is 0 Å². The van der Waals surface area contributed by atoms with Crippen molar-refractivity contribution in [2.24, 2.45) is 5.16 Å². The number of carbonyl (C=O) groups excluding carboxylic acids is 2. The highest BCUT2D eigenvalue weighted by Crippen LogP contribution is 2.31. The van der Waals surface area contributed by atoms with Crippen LogP contribution in [0.2, 0.25) is 0 Å². The van der Waals surface area contributed by atoms with Gasteiger partial charge < -0.3 is 24.7 Å². The summed E-state index contributed by atoms with van der Waals surface area (Å²) in [6.45, 7) is 0. The van der Waals surface area contributed by atoms with E-state index in [0.717, 1.165) is 0 Å². The van der Waals surface area contributed by atoms with Gasteiger partial charge in [-0.2, -0.15) is 0 Å². The number of amides is 1. The predicted molar refractivity (Wildman–Crippen MR) is 115 cm³/mol. The number of cyclic esters (lactones) is 1. The maximum atomic E-state index is 12.8. The van der Waals surface area contributed by atoms with Crippen LogP contribution in [0.25, 0.3) is 6.08 Å². The second kappa shape index (κ2) is 10.9. The number of fused-ring (bicyclic) bond motifs is 2. The lowest BCUT2D eigenvalue weighted by Gasteiger charge is -2.17. The number of ether oxygens (including phenoxy) is 2. The Morgan fingerprint density at radius 2 is 2.26 bits per heavy atom. The van der Waals surface area contributed by atoms with Crippen LogP contribution in [-0.4, -0.2) is 48.6 Å². The molecule has 0 spiro atoms. The molecule has 3 rings (SSSR count). The SMILES string of the molecule is CO/N=C/C=C\C(=O)N/C=C/C[C@H]1C[C@@H]2O[C@@H]2/C=C\C=C\c2cccc(O)c2C(=O)O1. The van der Waals surface area contributed by atoms with Gasteiger partial charge in [0.25, 0.3) is 0 Å². The largest absolute Gasteiger partial charge is 0.507 e. The standard InChI is InChI=1S/C23H24N2O6/c1-29-25-14-6-12-21(27)24-13-5-9-17-15-20-19(31-20)11-3-2-7-16-8-4-10-18(26)22(16)23(28)30-17/h2-8,10-14,17,19-20,26H,9,15H2,1H3,(H,24,27)/b7-2+,11-3-,12-6-,13-5+,25-14+/t17-,19+,20-/m0/s1. The molecule has 1 aromatic rings. The van der Waals surface area contributed by atoms with E-state index in [0.29, 0.717) is 18.4 Å². The summed E-state index contributed by atoms with van der Waals surface area (Å²) in [7, 11) is 1.41. The molecule has 0 bridgehead atoms. The monoisotopic (exact) mass is 424 g/mol. The Morgan fingerprint density at radius 3 is 3.10 bits per heavy atom. The van der Waals surface area contributed by atoms with Gasteiger partial charge in [-0.05, 0) is 17.7 Å². The van der Waals surface area contributed by atoms with Gasteiger partial charge in [0.15, 0.2) is 0 Å². The molecule has 1 fully saturated rings. The third kappa shape index (κ3) is 6.68. The van der Waals surface area contributed by atoms with Crippen molar-refractivity contribution in [1.82, 2.24) is 5.32 Å². The van der Waals surface area contributed by atoms with Crippen molar-refractivity contribution in [3.05, 3.63) is 72.0 Å². The summed E-state index contributed by atoms with van der Waals surface area (Å²) in [6.07, 6.45) is 14.9. The number of benzene rings is 1. The Labute approximate surface area is 180 Å². The molecule has 3 atom stereocenters. The van der Waals surface area contributed by atoms with E-state index < -0.39 is 12.1 Å². The molecule has 8 heteroatoms. The quantitative estimate of drug-likeness (QED) is 0.239. The molecule has 8 nitrogen and oxygen atoms in total. The number of hydrogen-bond acceptors (Lipinski definition) is 7.